The summed E-state index contributed by atoms with van der Waals surface area (Å²) >= 11 is 0. The van der Waals surface area contributed by atoms with Crippen LogP contribution in [0.2, 0.25) is 0 Å². The molecule has 0 unspecified atom stereocenters. The lowest BCUT2D eigenvalue weighted by molar-refractivity contribution is 0.0528. The zero-order valence-electron chi connectivity index (χ0n) is 12.4. The van der Waals surface area contributed by atoms with Crippen LogP contribution in [0.4, 0.5) is 9.18 Å². The third kappa shape index (κ3) is 6.65. The molecule has 0 bridgehead atoms. The minimum Gasteiger partial charge on any atom is -0.444 e. The van der Waals surface area contributed by atoms with Gasteiger partial charge in [-0.3, -0.25) is 9.78 Å². The third-order valence-electron chi connectivity index (χ3n) is 2.30. The second-order valence-electron chi connectivity index (χ2n) is 5.37. The van der Waals surface area contributed by atoms with Gasteiger partial charge < -0.3 is 10.1 Å². The highest BCUT2D eigenvalue weighted by atomic mass is 19.1. The number of hydrogen-bond acceptors (Lipinski definition) is 4. The maximum atomic E-state index is 13.1. The molecule has 21 heavy (non-hydrogen) atoms. The van der Waals surface area contributed by atoms with Gasteiger partial charge in [0.1, 0.15) is 5.60 Å². The van der Waals surface area contributed by atoms with Gasteiger partial charge in [0.05, 0.1) is 17.5 Å². The van der Waals surface area contributed by atoms with E-state index in [-0.39, 0.29) is 5.56 Å². The van der Waals surface area contributed by atoms with Gasteiger partial charge in [-0.25, -0.2) is 9.18 Å². The Bertz CT molecular complexity index is 536. The molecular formula is C15H19FN2O3. The van der Waals surface area contributed by atoms with Gasteiger partial charge in [-0.1, -0.05) is 6.08 Å². The monoisotopic (exact) mass is 294 g/mol. The number of aromatic nitrogens is 1. The number of rotatable bonds is 5. The maximum Gasteiger partial charge on any atom is 0.407 e. The van der Waals surface area contributed by atoms with Crippen LogP contribution in [0.5, 0.6) is 0 Å². The molecule has 0 aromatic carbocycles. The average molecular weight is 294 g/mol. The topological polar surface area (TPSA) is 68.3 Å². The summed E-state index contributed by atoms with van der Waals surface area (Å²) in [6.45, 7) is 5.78. The summed E-state index contributed by atoms with van der Waals surface area (Å²) < 4.78 is 18.1. The molecule has 0 aliphatic heterocycles. The van der Waals surface area contributed by atoms with Crippen LogP contribution in [0.25, 0.3) is 6.08 Å². The minimum absolute atomic E-state index is 0.0310. The predicted molar refractivity (Wildman–Crippen MR) is 77.5 cm³/mol. The highest BCUT2D eigenvalue weighted by Crippen LogP contribution is 2.08. The van der Waals surface area contributed by atoms with Crippen molar-refractivity contribution >= 4 is 18.5 Å². The number of alkyl carbamates (subject to hydrolysis) is 1. The van der Waals surface area contributed by atoms with Gasteiger partial charge in [0.15, 0.2) is 12.1 Å². The zero-order chi connectivity index (χ0) is 15.9. The molecule has 6 heteroatoms. The summed E-state index contributed by atoms with van der Waals surface area (Å²) in [6, 6.07) is 1.36. The summed E-state index contributed by atoms with van der Waals surface area (Å²) in [6.07, 6.45) is 4.96. The lowest BCUT2D eigenvalue weighted by Gasteiger charge is -2.19. The first kappa shape index (κ1) is 16.8. The fourth-order valence-electron chi connectivity index (χ4n) is 1.43. The molecule has 1 heterocycles. The number of hydrogen-bond donors (Lipinski definition) is 1. The fourth-order valence-corrected chi connectivity index (χ4v) is 1.43. The quantitative estimate of drug-likeness (QED) is 0.669. The SMILES string of the molecule is CC(C)(C)OC(=O)NCCC=Cc1cc(C=O)c(F)cn1. The summed E-state index contributed by atoms with van der Waals surface area (Å²) in [5, 5.41) is 2.61. The predicted octanol–water partition coefficient (Wildman–Crippen LogP) is 2.96. The molecule has 1 amide bonds. The number of aldehydes is 1. The second-order valence-corrected chi connectivity index (χ2v) is 5.37. The van der Waals surface area contributed by atoms with Gasteiger partial charge in [0, 0.05) is 6.54 Å². The summed E-state index contributed by atoms with van der Waals surface area (Å²) in [4.78, 5) is 25.8. The number of carbonyl (C=O) groups excluding carboxylic acids is 2. The van der Waals surface area contributed by atoms with Crippen molar-refractivity contribution in [3.63, 3.8) is 0 Å². The van der Waals surface area contributed by atoms with Crippen LogP contribution >= 0.6 is 0 Å². The van der Waals surface area contributed by atoms with E-state index in [9.17, 15) is 14.0 Å². The molecule has 0 fully saturated rings. The van der Waals surface area contributed by atoms with Crippen LogP contribution in [0.1, 0.15) is 43.2 Å². The molecule has 0 aliphatic carbocycles. The highest BCUT2D eigenvalue weighted by molar-refractivity contribution is 5.76. The molecule has 0 aliphatic rings. The van der Waals surface area contributed by atoms with Crippen LogP contribution in [0.15, 0.2) is 18.3 Å². The molecule has 0 saturated heterocycles. The third-order valence-corrected chi connectivity index (χ3v) is 2.30. The fraction of sp³-hybridized carbons (Fsp3) is 0.400. The lowest BCUT2D eigenvalue weighted by atomic mass is 10.2. The molecule has 5 nitrogen and oxygen atoms in total. The van der Waals surface area contributed by atoms with E-state index < -0.39 is 17.5 Å². The van der Waals surface area contributed by atoms with E-state index in [2.05, 4.69) is 10.3 Å². The van der Waals surface area contributed by atoms with Gasteiger partial charge in [-0.15, -0.1) is 0 Å². The van der Waals surface area contributed by atoms with Gasteiger partial charge in [0.2, 0.25) is 0 Å². The molecule has 0 atom stereocenters. The average Bonchev–Trinajstić information content (AvgIpc) is 2.38. The summed E-state index contributed by atoms with van der Waals surface area (Å²) in [5.41, 5.74) is -0.0734. The number of nitrogens with one attached hydrogen (secondary N) is 1. The molecule has 1 rings (SSSR count). The largest absolute Gasteiger partial charge is 0.444 e. The standard InChI is InChI=1S/C15H19FN2O3/c1-15(2,3)21-14(20)17-7-5-4-6-12-8-11(10-19)13(16)9-18-12/h4,6,8-10H,5,7H2,1-3H3,(H,17,20). The molecular weight excluding hydrogens is 275 g/mol. The number of halogens is 1. The first-order chi connectivity index (χ1) is 9.81. The van der Waals surface area contributed by atoms with E-state index in [1.54, 1.807) is 32.9 Å². The Morgan fingerprint density at radius 2 is 2.19 bits per heavy atom. The Morgan fingerprint density at radius 3 is 2.81 bits per heavy atom. The first-order valence-electron chi connectivity index (χ1n) is 6.56. The smallest absolute Gasteiger partial charge is 0.407 e. The van der Waals surface area contributed by atoms with Crippen molar-refractivity contribution in [2.75, 3.05) is 6.54 Å². The van der Waals surface area contributed by atoms with E-state index in [0.717, 1.165) is 6.20 Å². The van der Waals surface area contributed by atoms with Crippen molar-refractivity contribution < 1.29 is 18.7 Å². The van der Waals surface area contributed by atoms with E-state index in [4.69, 9.17) is 4.74 Å². The van der Waals surface area contributed by atoms with Crippen molar-refractivity contribution in [1.82, 2.24) is 10.3 Å². The van der Waals surface area contributed by atoms with Crippen molar-refractivity contribution in [3.05, 3.63) is 35.4 Å². The molecule has 114 valence electrons. The lowest BCUT2D eigenvalue weighted by Crippen LogP contribution is -2.32. The van der Waals surface area contributed by atoms with Crippen LogP contribution < -0.4 is 5.32 Å². The summed E-state index contributed by atoms with van der Waals surface area (Å²) in [7, 11) is 0. The van der Waals surface area contributed by atoms with Crippen LogP contribution in [-0.4, -0.2) is 29.5 Å². The van der Waals surface area contributed by atoms with Gasteiger partial charge in [-0.2, -0.15) is 0 Å². The Labute approximate surface area is 123 Å². The number of carbonyl (C=O) groups is 2. The minimum atomic E-state index is -0.645. The van der Waals surface area contributed by atoms with Gasteiger partial charge >= 0.3 is 6.09 Å². The van der Waals surface area contributed by atoms with E-state index in [1.807, 2.05) is 0 Å². The Balaban J connectivity index is 2.39. The Kier molecular flexibility index (Phi) is 6.02. The van der Waals surface area contributed by atoms with Gasteiger partial charge in [0.25, 0.3) is 0 Å². The number of nitrogens with zero attached hydrogens (tertiary/aromatic N) is 1. The van der Waals surface area contributed by atoms with Crippen molar-refractivity contribution in [1.29, 1.82) is 0 Å². The first-order valence-corrected chi connectivity index (χ1v) is 6.56. The molecule has 0 saturated carbocycles. The molecule has 1 aromatic rings. The normalized spacial score (nSPS) is 11.4. The van der Waals surface area contributed by atoms with E-state index in [0.29, 0.717) is 24.9 Å². The van der Waals surface area contributed by atoms with Crippen LogP contribution in [0.3, 0.4) is 0 Å². The number of amides is 1. The molecule has 0 radical (unpaired) electrons. The van der Waals surface area contributed by atoms with Gasteiger partial charge in [-0.05, 0) is 39.3 Å². The maximum absolute atomic E-state index is 13.1. The van der Waals surface area contributed by atoms with E-state index >= 15 is 0 Å². The van der Waals surface area contributed by atoms with Crippen molar-refractivity contribution in [3.8, 4) is 0 Å². The van der Waals surface area contributed by atoms with Crippen molar-refractivity contribution in [2.45, 2.75) is 32.8 Å². The second kappa shape index (κ2) is 7.52. The van der Waals surface area contributed by atoms with Crippen LogP contribution in [-0.2, 0) is 4.74 Å². The summed E-state index contributed by atoms with van der Waals surface area (Å²) in [5.74, 6) is -0.645. The number of pyridine rings is 1. The molecule has 0 spiro atoms. The molecule has 1 aromatic heterocycles. The zero-order valence-corrected chi connectivity index (χ0v) is 12.4. The Morgan fingerprint density at radius 1 is 1.48 bits per heavy atom. The number of ether oxygens (including phenoxy) is 1. The highest BCUT2D eigenvalue weighted by Gasteiger charge is 2.15. The Hall–Kier alpha value is -2.24. The molecule has 1 N–H and O–H groups in total. The van der Waals surface area contributed by atoms with E-state index in [1.165, 1.54) is 6.07 Å². The van der Waals surface area contributed by atoms with Crippen molar-refractivity contribution in [2.24, 2.45) is 0 Å². The van der Waals surface area contributed by atoms with Crippen LogP contribution in [0, 0.1) is 5.82 Å².